The van der Waals surface area contributed by atoms with E-state index in [2.05, 4.69) is 30.6 Å². The molecule has 4 heterocycles. The topological polar surface area (TPSA) is 164 Å². The highest BCUT2D eigenvalue weighted by Gasteiger charge is 2.27. The first-order valence-electron chi connectivity index (χ1n) is 19.8. The van der Waals surface area contributed by atoms with Gasteiger partial charge in [-0.15, -0.1) is 9.46 Å². The van der Waals surface area contributed by atoms with Gasteiger partial charge in [0.25, 0.3) is 5.56 Å². The van der Waals surface area contributed by atoms with E-state index in [0.29, 0.717) is 35.0 Å². The molecule has 2 aliphatic rings. The maximum absolute atomic E-state index is 13.4. The number of nitrogens with zero attached hydrogens (tertiary/aromatic N) is 6. The first-order chi connectivity index (χ1) is 28.0. The second kappa shape index (κ2) is 19.0. The van der Waals surface area contributed by atoms with Crippen molar-refractivity contribution in [2.75, 3.05) is 17.2 Å². The van der Waals surface area contributed by atoms with Gasteiger partial charge in [0.05, 0.1) is 28.8 Å². The SMILES string of the molecule is CCOC(=O)c1c(NC2CCCCC2)c2cncnc2n(OCc2ccccc2)c1=O.O=c1cc(NC2CCCCC2)c2cncnc2n1OCc1ccccc1. The van der Waals surface area contributed by atoms with Gasteiger partial charge >= 0.3 is 11.5 Å². The average molecular weight is 773 g/mol. The normalized spacial score (nSPS) is 14.7. The number of rotatable bonds is 12. The van der Waals surface area contributed by atoms with Gasteiger partial charge in [0, 0.05) is 30.5 Å². The molecular weight excluding hydrogens is 725 g/mol. The molecule has 6 aromatic rings. The molecule has 14 nitrogen and oxygen atoms in total. The van der Waals surface area contributed by atoms with E-state index in [-0.39, 0.29) is 30.4 Å². The standard InChI is InChI=1S/C23H26N4O4.C20H22N4O2/c1-2-30-23(29)19-20(26-17-11-7-4-8-12-17)18-13-24-15-25-21(18)27(22(19)28)31-14-16-9-5-3-6-10-16;25-19-11-18(23-16-9-5-2-6-10-16)17-12-21-14-22-20(17)24(19)26-13-15-7-3-1-4-8-15/h3,5-6,9-10,13,15,17,26H,2,4,7-8,11-12,14H2,1H3;1,3-4,7-8,11-12,14,16,23H,2,5-6,9-10,13H2. The Balaban J connectivity index is 0.000000177. The van der Waals surface area contributed by atoms with Gasteiger partial charge in [0.2, 0.25) is 0 Å². The van der Waals surface area contributed by atoms with Crippen molar-refractivity contribution in [1.29, 1.82) is 0 Å². The number of carbonyl (C=O) groups excluding carboxylic acids is 1. The summed E-state index contributed by atoms with van der Waals surface area (Å²) in [4.78, 5) is 67.3. The number of anilines is 2. The zero-order valence-electron chi connectivity index (χ0n) is 32.1. The van der Waals surface area contributed by atoms with Crippen LogP contribution in [0.3, 0.4) is 0 Å². The number of nitrogens with one attached hydrogen (secondary N) is 2. The first kappa shape index (κ1) is 38.9. The number of aromatic nitrogens is 6. The van der Waals surface area contributed by atoms with Gasteiger partial charge in [-0.05, 0) is 43.7 Å². The van der Waals surface area contributed by atoms with Crippen LogP contribution in [0.15, 0.2) is 101 Å². The van der Waals surface area contributed by atoms with E-state index in [1.54, 1.807) is 25.4 Å². The van der Waals surface area contributed by atoms with Crippen molar-refractivity contribution in [3.8, 4) is 0 Å². The smallest absolute Gasteiger partial charge is 0.346 e. The van der Waals surface area contributed by atoms with Gasteiger partial charge < -0.3 is 25.0 Å². The summed E-state index contributed by atoms with van der Waals surface area (Å²) in [6, 6.07) is 21.4. The number of esters is 1. The Morgan fingerprint density at radius 1 is 0.702 bits per heavy atom. The van der Waals surface area contributed by atoms with Gasteiger partial charge in [-0.2, -0.15) is 0 Å². The van der Waals surface area contributed by atoms with Crippen LogP contribution in [0.2, 0.25) is 0 Å². The molecule has 4 aromatic heterocycles. The van der Waals surface area contributed by atoms with Crippen molar-refractivity contribution in [3.63, 3.8) is 0 Å². The summed E-state index contributed by atoms with van der Waals surface area (Å²) in [5, 5.41) is 8.28. The Morgan fingerprint density at radius 2 is 1.23 bits per heavy atom. The lowest BCUT2D eigenvalue weighted by Crippen LogP contribution is -2.35. The van der Waals surface area contributed by atoms with Gasteiger partial charge in [-0.3, -0.25) is 9.59 Å². The van der Waals surface area contributed by atoms with Crippen LogP contribution in [0, 0.1) is 0 Å². The Bertz CT molecular complexity index is 2380. The molecule has 0 unspecified atom stereocenters. The van der Waals surface area contributed by atoms with Crippen LogP contribution in [0.25, 0.3) is 22.1 Å². The second-order valence-corrected chi connectivity index (χ2v) is 14.3. The van der Waals surface area contributed by atoms with E-state index in [4.69, 9.17) is 14.4 Å². The summed E-state index contributed by atoms with van der Waals surface area (Å²) in [5.74, 6) is -0.686. The summed E-state index contributed by atoms with van der Waals surface area (Å²) in [6.45, 7) is 2.32. The molecule has 0 atom stereocenters. The fraction of sp³-hybridized carbons (Fsp3) is 0.372. The van der Waals surface area contributed by atoms with Gasteiger partial charge in [-0.25, -0.2) is 24.7 Å². The van der Waals surface area contributed by atoms with Crippen molar-refractivity contribution < 1.29 is 19.2 Å². The lowest BCUT2D eigenvalue weighted by atomic mass is 9.95. The summed E-state index contributed by atoms with van der Waals surface area (Å²) in [7, 11) is 0. The largest absolute Gasteiger partial charge is 0.462 e. The van der Waals surface area contributed by atoms with Crippen LogP contribution in [0.4, 0.5) is 11.4 Å². The maximum Gasteiger partial charge on any atom is 0.346 e. The quantitative estimate of drug-likeness (QED) is 0.130. The van der Waals surface area contributed by atoms with E-state index in [1.807, 2.05) is 60.7 Å². The zero-order chi connectivity index (χ0) is 39.4. The predicted molar refractivity (Wildman–Crippen MR) is 218 cm³/mol. The minimum Gasteiger partial charge on any atom is -0.462 e. The molecule has 2 aromatic carbocycles. The third-order valence-corrected chi connectivity index (χ3v) is 10.2. The van der Waals surface area contributed by atoms with Crippen molar-refractivity contribution in [2.45, 2.75) is 96.4 Å². The Hall–Kier alpha value is -6.31. The molecule has 0 aliphatic heterocycles. The van der Waals surface area contributed by atoms with Crippen molar-refractivity contribution in [3.05, 3.63) is 129 Å². The number of ether oxygens (including phenoxy) is 1. The Kier molecular flexibility index (Phi) is 13.0. The third-order valence-electron chi connectivity index (χ3n) is 10.2. The molecule has 14 heteroatoms. The highest BCUT2D eigenvalue weighted by molar-refractivity contribution is 6.04. The van der Waals surface area contributed by atoms with Crippen molar-refractivity contribution in [2.24, 2.45) is 0 Å². The Morgan fingerprint density at radius 3 is 1.81 bits per heavy atom. The molecule has 0 bridgehead atoms. The third kappa shape index (κ3) is 9.57. The maximum atomic E-state index is 13.4. The van der Waals surface area contributed by atoms with Crippen LogP contribution in [0.5, 0.6) is 0 Å². The molecule has 2 aliphatic carbocycles. The van der Waals surface area contributed by atoms with E-state index in [1.165, 1.54) is 43.1 Å². The predicted octanol–water partition coefficient (Wildman–Crippen LogP) is 6.51. The van der Waals surface area contributed by atoms with Gasteiger partial charge in [0.1, 0.15) is 25.9 Å². The molecule has 296 valence electrons. The monoisotopic (exact) mass is 772 g/mol. The second-order valence-electron chi connectivity index (χ2n) is 14.3. The number of pyridine rings is 2. The number of hydrogen-bond donors (Lipinski definition) is 2. The fourth-order valence-corrected chi connectivity index (χ4v) is 7.39. The van der Waals surface area contributed by atoms with Crippen molar-refractivity contribution >= 4 is 39.4 Å². The highest BCUT2D eigenvalue weighted by Crippen LogP contribution is 2.29. The molecule has 57 heavy (non-hydrogen) atoms. The molecule has 2 fully saturated rings. The van der Waals surface area contributed by atoms with E-state index < -0.39 is 11.5 Å². The van der Waals surface area contributed by atoms with Gasteiger partial charge in [-0.1, -0.05) is 99.2 Å². The van der Waals surface area contributed by atoms with Crippen molar-refractivity contribution in [1.82, 2.24) is 29.4 Å². The zero-order valence-corrected chi connectivity index (χ0v) is 32.1. The number of carbonyl (C=O) groups is 1. The Labute approximate surface area is 330 Å². The first-order valence-corrected chi connectivity index (χ1v) is 19.8. The van der Waals surface area contributed by atoms with Crippen LogP contribution in [-0.4, -0.2) is 54.1 Å². The van der Waals surface area contributed by atoms with E-state index in [0.717, 1.165) is 65.5 Å². The molecular formula is C43H48N8O6. The molecule has 0 saturated heterocycles. The van der Waals surface area contributed by atoms with Crippen LogP contribution in [-0.2, 0) is 18.0 Å². The van der Waals surface area contributed by atoms with E-state index >= 15 is 0 Å². The average Bonchev–Trinajstić information content (AvgIpc) is 3.25. The minimum absolute atomic E-state index is 0.0808. The number of benzene rings is 2. The fourth-order valence-electron chi connectivity index (χ4n) is 7.39. The summed E-state index contributed by atoms with van der Waals surface area (Å²) in [5.41, 5.74) is 2.98. The van der Waals surface area contributed by atoms with E-state index in [9.17, 15) is 14.4 Å². The number of hydrogen-bond acceptors (Lipinski definition) is 12. The lowest BCUT2D eigenvalue weighted by Gasteiger charge is -2.26. The van der Waals surface area contributed by atoms with Gasteiger partial charge in [0.15, 0.2) is 16.9 Å². The molecule has 0 radical (unpaired) electrons. The lowest BCUT2D eigenvalue weighted by molar-refractivity contribution is 0.0513. The molecule has 2 N–H and O–H groups in total. The molecule has 2 saturated carbocycles. The summed E-state index contributed by atoms with van der Waals surface area (Å²) >= 11 is 0. The molecule has 0 spiro atoms. The highest BCUT2D eigenvalue weighted by atomic mass is 16.7. The molecule has 0 amide bonds. The van der Waals surface area contributed by atoms with Crippen LogP contribution in [0.1, 0.15) is 92.6 Å². The minimum atomic E-state index is -0.686. The number of fused-ring (bicyclic) bond motifs is 2. The van der Waals surface area contributed by atoms with Crippen LogP contribution >= 0.6 is 0 Å². The summed E-state index contributed by atoms with van der Waals surface area (Å²) < 4.78 is 7.55. The molecule has 8 rings (SSSR count). The summed E-state index contributed by atoms with van der Waals surface area (Å²) in [6.07, 6.45) is 17.5. The van der Waals surface area contributed by atoms with Crippen LogP contribution < -0.4 is 31.4 Å².